The van der Waals surface area contributed by atoms with E-state index >= 15 is 0 Å². The van der Waals surface area contributed by atoms with Crippen molar-refractivity contribution in [2.24, 2.45) is 5.73 Å². The maximum absolute atomic E-state index is 5.71. The quantitative estimate of drug-likeness (QED) is 0.608. The summed E-state index contributed by atoms with van der Waals surface area (Å²) in [5.74, 6) is 0. The first-order valence-corrected chi connectivity index (χ1v) is 3.53. The molecule has 0 aliphatic carbocycles. The molecule has 0 fully saturated rings. The van der Waals surface area contributed by atoms with Gasteiger partial charge in [-0.15, -0.1) is 0 Å². The van der Waals surface area contributed by atoms with Gasteiger partial charge >= 0.3 is 0 Å². The highest BCUT2D eigenvalue weighted by molar-refractivity contribution is 5.26. The summed E-state index contributed by atoms with van der Waals surface area (Å²) in [5, 5.41) is 0. The molecule has 0 unspecified atom stereocenters. The lowest BCUT2D eigenvalue weighted by Gasteiger charge is -2.01. The van der Waals surface area contributed by atoms with Crippen LogP contribution in [0, 0.1) is 13.8 Å². The van der Waals surface area contributed by atoms with E-state index in [1.807, 2.05) is 20.8 Å². The number of rotatable bonds is 1. The molecule has 0 amide bonds. The summed E-state index contributed by atoms with van der Waals surface area (Å²) in [5.41, 5.74) is 9.30. The summed E-state index contributed by atoms with van der Waals surface area (Å²) in [6.45, 7) is 6.08. The average molecular weight is 138 g/mol. The Morgan fingerprint density at radius 1 is 1.50 bits per heavy atom. The molecule has 0 aliphatic heterocycles. The van der Waals surface area contributed by atoms with Crippen LogP contribution in [-0.2, 0) is 0 Å². The molecular formula is C8H14N2. The van der Waals surface area contributed by atoms with Crippen molar-refractivity contribution in [3.05, 3.63) is 23.0 Å². The van der Waals surface area contributed by atoms with Gasteiger partial charge in [0, 0.05) is 17.4 Å². The van der Waals surface area contributed by atoms with Crippen LogP contribution in [0.4, 0.5) is 0 Å². The van der Waals surface area contributed by atoms with Gasteiger partial charge in [0.25, 0.3) is 0 Å². The number of hydrogen-bond donors (Lipinski definition) is 2. The molecule has 0 spiro atoms. The predicted octanol–water partition coefficient (Wildman–Crippen LogP) is 1.65. The maximum atomic E-state index is 5.71. The number of aromatic nitrogens is 1. The molecule has 1 aromatic heterocycles. The maximum Gasteiger partial charge on any atom is 0.0283 e. The second-order valence-corrected chi connectivity index (χ2v) is 2.82. The van der Waals surface area contributed by atoms with Gasteiger partial charge < -0.3 is 10.7 Å². The van der Waals surface area contributed by atoms with E-state index < -0.39 is 0 Å². The van der Waals surface area contributed by atoms with Crippen molar-refractivity contribution in [3.8, 4) is 0 Å². The molecule has 0 saturated carbocycles. The normalized spacial score (nSPS) is 13.6. The van der Waals surface area contributed by atoms with Gasteiger partial charge in [-0.1, -0.05) is 0 Å². The van der Waals surface area contributed by atoms with Crippen LogP contribution in [0.15, 0.2) is 6.07 Å². The van der Waals surface area contributed by atoms with Gasteiger partial charge in [-0.05, 0) is 32.4 Å². The molecule has 10 heavy (non-hydrogen) atoms. The molecule has 0 radical (unpaired) electrons. The highest BCUT2D eigenvalue weighted by atomic mass is 14.7. The lowest BCUT2D eigenvalue weighted by Crippen LogP contribution is -2.04. The minimum absolute atomic E-state index is 0.143. The Balaban J connectivity index is 3.03. The molecule has 56 valence electrons. The minimum Gasteiger partial charge on any atom is -0.362 e. The van der Waals surface area contributed by atoms with Crippen molar-refractivity contribution in [3.63, 3.8) is 0 Å². The average Bonchev–Trinajstić information content (AvgIpc) is 2.10. The molecule has 0 bridgehead atoms. The molecule has 1 heterocycles. The number of hydrogen-bond acceptors (Lipinski definition) is 1. The number of nitrogens with one attached hydrogen (secondary N) is 1. The summed E-state index contributed by atoms with van der Waals surface area (Å²) < 4.78 is 0. The summed E-state index contributed by atoms with van der Waals surface area (Å²) in [6, 6.07) is 2.24. The van der Waals surface area contributed by atoms with E-state index in [2.05, 4.69) is 11.1 Å². The Bertz CT molecular complexity index is 223. The van der Waals surface area contributed by atoms with E-state index in [0.717, 1.165) is 0 Å². The van der Waals surface area contributed by atoms with E-state index in [9.17, 15) is 0 Å². The smallest absolute Gasteiger partial charge is 0.0283 e. The Morgan fingerprint density at radius 2 is 2.10 bits per heavy atom. The van der Waals surface area contributed by atoms with Crippen LogP contribution in [0.2, 0.25) is 0 Å². The van der Waals surface area contributed by atoms with E-state index in [1.165, 1.54) is 17.0 Å². The second kappa shape index (κ2) is 2.46. The fourth-order valence-electron chi connectivity index (χ4n) is 1.22. The largest absolute Gasteiger partial charge is 0.362 e. The third-order valence-corrected chi connectivity index (χ3v) is 1.68. The highest BCUT2D eigenvalue weighted by Gasteiger charge is 2.04. The molecule has 1 rings (SSSR count). The topological polar surface area (TPSA) is 41.8 Å². The highest BCUT2D eigenvalue weighted by Crippen LogP contribution is 2.15. The van der Waals surface area contributed by atoms with Crippen LogP contribution in [0.5, 0.6) is 0 Å². The van der Waals surface area contributed by atoms with Crippen LogP contribution in [0.3, 0.4) is 0 Å². The van der Waals surface area contributed by atoms with Crippen molar-refractivity contribution < 1.29 is 0 Å². The Labute approximate surface area is 61.4 Å². The molecule has 2 heteroatoms. The molecule has 3 N–H and O–H groups in total. The molecule has 2 nitrogen and oxygen atoms in total. The summed E-state index contributed by atoms with van der Waals surface area (Å²) in [6.07, 6.45) is 0. The van der Waals surface area contributed by atoms with E-state index in [0.29, 0.717) is 0 Å². The van der Waals surface area contributed by atoms with E-state index in [4.69, 9.17) is 5.73 Å². The zero-order valence-electron chi connectivity index (χ0n) is 6.73. The molecule has 0 aromatic carbocycles. The van der Waals surface area contributed by atoms with E-state index in [-0.39, 0.29) is 6.04 Å². The Hall–Kier alpha value is -0.760. The predicted molar refractivity (Wildman–Crippen MR) is 42.9 cm³/mol. The number of aryl methyl sites for hydroxylation is 2. The number of aromatic amines is 1. The van der Waals surface area contributed by atoms with Crippen LogP contribution in [-0.4, -0.2) is 4.98 Å². The summed E-state index contributed by atoms with van der Waals surface area (Å²) >= 11 is 0. The van der Waals surface area contributed by atoms with Crippen molar-refractivity contribution in [1.82, 2.24) is 4.98 Å². The fourth-order valence-corrected chi connectivity index (χ4v) is 1.22. The standard InChI is InChI=1S/C8H14N2/c1-5-4-8(6(2)9)7(3)10-5/h4,6,10H,9H2,1-3H3/t6-/m0/s1. The second-order valence-electron chi connectivity index (χ2n) is 2.82. The fraction of sp³-hybridized carbons (Fsp3) is 0.500. The lowest BCUT2D eigenvalue weighted by atomic mass is 10.1. The molecule has 0 saturated heterocycles. The number of nitrogens with two attached hydrogens (primary N) is 1. The van der Waals surface area contributed by atoms with Crippen molar-refractivity contribution in [2.75, 3.05) is 0 Å². The van der Waals surface area contributed by atoms with Crippen LogP contribution < -0.4 is 5.73 Å². The van der Waals surface area contributed by atoms with Crippen molar-refractivity contribution >= 4 is 0 Å². The van der Waals surface area contributed by atoms with Crippen LogP contribution in [0.1, 0.15) is 29.9 Å². The van der Waals surface area contributed by atoms with Gasteiger partial charge in [0.2, 0.25) is 0 Å². The van der Waals surface area contributed by atoms with Crippen molar-refractivity contribution in [1.29, 1.82) is 0 Å². The van der Waals surface area contributed by atoms with Crippen LogP contribution in [0.25, 0.3) is 0 Å². The first-order chi connectivity index (χ1) is 4.61. The summed E-state index contributed by atoms with van der Waals surface area (Å²) in [4.78, 5) is 3.21. The first kappa shape index (κ1) is 7.35. The molecular weight excluding hydrogens is 124 g/mol. The van der Waals surface area contributed by atoms with Gasteiger partial charge in [0.05, 0.1) is 0 Å². The van der Waals surface area contributed by atoms with Gasteiger partial charge in [0.15, 0.2) is 0 Å². The third-order valence-electron chi connectivity index (χ3n) is 1.68. The summed E-state index contributed by atoms with van der Waals surface area (Å²) in [7, 11) is 0. The molecule has 0 aliphatic rings. The lowest BCUT2D eigenvalue weighted by molar-refractivity contribution is 0.810. The number of H-pyrrole nitrogens is 1. The van der Waals surface area contributed by atoms with Gasteiger partial charge in [-0.3, -0.25) is 0 Å². The van der Waals surface area contributed by atoms with Crippen molar-refractivity contribution in [2.45, 2.75) is 26.8 Å². The van der Waals surface area contributed by atoms with Gasteiger partial charge in [-0.25, -0.2) is 0 Å². The van der Waals surface area contributed by atoms with Crippen LogP contribution >= 0.6 is 0 Å². The minimum atomic E-state index is 0.143. The molecule has 1 aromatic rings. The monoisotopic (exact) mass is 138 g/mol. The third kappa shape index (κ3) is 1.21. The molecule has 1 atom stereocenters. The van der Waals surface area contributed by atoms with E-state index in [1.54, 1.807) is 0 Å². The zero-order chi connectivity index (χ0) is 7.72. The van der Waals surface area contributed by atoms with Gasteiger partial charge in [-0.2, -0.15) is 0 Å². The Morgan fingerprint density at radius 3 is 2.30 bits per heavy atom. The first-order valence-electron chi connectivity index (χ1n) is 3.53. The SMILES string of the molecule is Cc1cc([C@H](C)N)c(C)[nH]1. The Kier molecular flexibility index (Phi) is 1.81. The zero-order valence-corrected chi connectivity index (χ0v) is 6.73. The van der Waals surface area contributed by atoms with Gasteiger partial charge in [0.1, 0.15) is 0 Å².